The number of rotatable bonds is 4. The van der Waals surface area contributed by atoms with Crippen LogP contribution in [0.15, 0.2) is 52.9 Å². The second kappa shape index (κ2) is 8.98. The van der Waals surface area contributed by atoms with Crippen LogP contribution in [0.2, 0.25) is 0 Å². The zero-order valence-electron chi connectivity index (χ0n) is 15.1. The van der Waals surface area contributed by atoms with Gasteiger partial charge in [-0.2, -0.15) is 0 Å². The maximum Gasteiger partial charge on any atom is 0.364 e. The normalized spacial score (nSPS) is 10.9. The summed E-state index contributed by atoms with van der Waals surface area (Å²) in [6, 6.07) is 15.9. The minimum atomic E-state index is -4.94. The third-order valence-electron chi connectivity index (χ3n) is 3.56. The lowest BCUT2D eigenvalue weighted by Gasteiger charge is -2.17. The number of aryl methyl sites for hydroxylation is 1. The Morgan fingerprint density at radius 3 is 2.15 bits per heavy atom. The van der Waals surface area contributed by atoms with Gasteiger partial charge in [-0.3, -0.25) is 0 Å². The number of benzene rings is 2. The van der Waals surface area contributed by atoms with Crippen LogP contribution in [0.3, 0.4) is 0 Å². The predicted molar refractivity (Wildman–Crippen MR) is 88.5 cm³/mol. The van der Waals surface area contributed by atoms with E-state index in [0.29, 0.717) is 6.61 Å². The van der Waals surface area contributed by atoms with E-state index in [2.05, 4.69) is 13.0 Å². The van der Waals surface area contributed by atoms with Gasteiger partial charge >= 0.3 is 11.3 Å². The van der Waals surface area contributed by atoms with Gasteiger partial charge in [0.05, 0.1) is 25.3 Å². The van der Waals surface area contributed by atoms with Crippen LogP contribution in [0.1, 0.15) is 12.5 Å². The fourth-order valence-electron chi connectivity index (χ4n) is 2.44. The quantitative estimate of drug-likeness (QED) is 0.584. The van der Waals surface area contributed by atoms with Crippen molar-refractivity contribution < 1.29 is 42.8 Å². The van der Waals surface area contributed by atoms with Crippen molar-refractivity contribution in [1.29, 1.82) is 0 Å². The maximum absolute atomic E-state index is 8.49. The first-order chi connectivity index (χ1) is 12.7. The predicted octanol–water partition coefficient (Wildman–Crippen LogP) is 0.341. The molecule has 0 aliphatic carbocycles. The van der Waals surface area contributed by atoms with Gasteiger partial charge in [-0.25, -0.2) is 23.1 Å². The zero-order chi connectivity index (χ0) is 20.0. The molecule has 0 aliphatic rings. The number of halogens is 1. The molecule has 0 spiro atoms. The van der Waals surface area contributed by atoms with Crippen LogP contribution in [0, 0.1) is 17.2 Å². The molecule has 0 amide bonds. The molecule has 0 atom stereocenters. The second-order valence-electron chi connectivity index (χ2n) is 5.51. The average Bonchev–Trinajstić information content (AvgIpc) is 2.61. The second-order valence-corrected chi connectivity index (χ2v) is 6.27. The standard InChI is InChI=1S/C19H19O3.ClHO4/c1-4-21-19-12-18(14-6-8-15(20-3)9-7-14)22-17-10-5-13(2)11-16(17)19;2-1(3,4)5/h5-12H,4H2,1-3H3;(H,2,3,4,5)/q+1;/p-1. The first-order valence-corrected chi connectivity index (χ1v) is 9.21. The molecule has 2 aromatic carbocycles. The minimum absolute atomic E-state index is 0.620. The van der Waals surface area contributed by atoms with Crippen LogP contribution in [-0.4, -0.2) is 13.7 Å². The third kappa shape index (κ3) is 6.35. The van der Waals surface area contributed by atoms with E-state index >= 15 is 0 Å². The number of hydrogen-bond acceptors (Lipinski definition) is 6. The zero-order valence-corrected chi connectivity index (χ0v) is 15.8. The summed E-state index contributed by atoms with van der Waals surface area (Å²) in [5.74, 6) is 2.45. The summed E-state index contributed by atoms with van der Waals surface area (Å²) in [6.07, 6.45) is 0. The van der Waals surface area contributed by atoms with Crippen molar-refractivity contribution in [3.63, 3.8) is 0 Å². The molecule has 0 saturated carbocycles. The van der Waals surface area contributed by atoms with Gasteiger partial charge in [-0.15, -0.1) is 10.2 Å². The topological polar surface area (TPSA) is 122 Å². The van der Waals surface area contributed by atoms with Crippen molar-refractivity contribution in [2.75, 3.05) is 13.7 Å². The van der Waals surface area contributed by atoms with Crippen molar-refractivity contribution in [1.82, 2.24) is 0 Å². The van der Waals surface area contributed by atoms with Crippen molar-refractivity contribution in [2.45, 2.75) is 13.8 Å². The fraction of sp³-hybridized carbons (Fsp3) is 0.211. The molecule has 27 heavy (non-hydrogen) atoms. The van der Waals surface area contributed by atoms with Crippen molar-refractivity contribution in [3.8, 4) is 22.8 Å². The Morgan fingerprint density at radius 2 is 1.59 bits per heavy atom. The smallest absolute Gasteiger partial charge is 0.364 e. The molecule has 7 nitrogen and oxygen atoms in total. The molecule has 0 unspecified atom stereocenters. The van der Waals surface area contributed by atoms with E-state index in [9.17, 15) is 0 Å². The Kier molecular flexibility index (Phi) is 6.95. The number of ether oxygens (including phenoxy) is 2. The van der Waals surface area contributed by atoms with Gasteiger partial charge < -0.3 is 9.47 Å². The SMILES string of the molecule is CCOc1cc(-c2ccc(OC)cc2)[o+]c2ccc(C)cc12.[O-][Cl+3]([O-])([O-])[O-]. The summed E-state index contributed by atoms with van der Waals surface area (Å²) in [5, 5.41) is 0.999. The van der Waals surface area contributed by atoms with Crippen molar-refractivity contribution in [3.05, 3.63) is 54.1 Å². The molecular formula is C19H19ClO7. The van der Waals surface area contributed by atoms with Gasteiger partial charge in [-0.05, 0) is 55.8 Å². The fourth-order valence-corrected chi connectivity index (χ4v) is 2.44. The Bertz CT molecular complexity index is 883. The van der Waals surface area contributed by atoms with Gasteiger partial charge in [0, 0.05) is 6.07 Å². The molecule has 0 saturated heterocycles. The lowest BCUT2D eigenvalue weighted by molar-refractivity contribution is -2.00. The summed E-state index contributed by atoms with van der Waals surface area (Å²) in [4.78, 5) is 0. The van der Waals surface area contributed by atoms with E-state index in [1.54, 1.807) is 7.11 Å². The highest BCUT2D eigenvalue weighted by atomic mass is 35.7. The van der Waals surface area contributed by atoms with Gasteiger partial charge in [0.15, 0.2) is 0 Å². The van der Waals surface area contributed by atoms with Crippen LogP contribution < -0.4 is 28.1 Å². The lowest BCUT2D eigenvalue weighted by atomic mass is 10.1. The van der Waals surface area contributed by atoms with Crippen LogP contribution >= 0.6 is 0 Å². The summed E-state index contributed by atoms with van der Waals surface area (Å²) in [7, 11) is -3.29. The summed E-state index contributed by atoms with van der Waals surface area (Å²) in [6.45, 7) is 4.67. The van der Waals surface area contributed by atoms with E-state index in [4.69, 9.17) is 32.5 Å². The minimum Gasteiger partial charge on any atom is -0.497 e. The molecule has 8 heteroatoms. The van der Waals surface area contributed by atoms with Crippen LogP contribution in [-0.2, 0) is 0 Å². The maximum atomic E-state index is 8.49. The van der Waals surface area contributed by atoms with E-state index in [1.807, 2.05) is 49.4 Å². The molecule has 3 rings (SSSR count). The third-order valence-corrected chi connectivity index (χ3v) is 3.56. The lowest BCUT2D eigenvalue weighted by Crippen LogP contribution is -2.68. The monoisotopic (exact) mass is 394 g/mol. The van der Waals surface area contributed by atoms with E-state index in [1.165, 1.54) is 5.56 Å². The molecule has 0 fully saturated rings. The largest absolute Gasteiger partial charge is 0.497 e. The van der Waals surface area contributed by atoms with Gasteiger partial charge in [0.25, 0.3) is 0 Å². The average molecular weight is 395 g/mol. The molecule has 144 valence electrons. The number of methoxy groups -OCH3 is 1. The summed E-state index contributed by atoms with van der Waals surface area (Å²) in [5.41, 5.74) is 2.99. The van der Waals surface area contributed by atoms with Gasteiger partial charge in [-0.1, -0.05) is 0 Å². The highest BCUT2D eigenvalue weighted by Crippen LogP contribution is 2.33. The Morgan fingerprint density at radius 1 is 0.963 bits per heavy atom. The highest BCUT2D eigenvalue weighted by molar-refractivity contribution is 5.86. The molecule has 0 N–H and O–H groups in total. The molecule has 0 aliphatic heterocycles. The van der Waals surface area contributed by atoms with Crippen LogP contribution in [0.25, 0.3) is 22.3 Å². The molecule has 1 aromatic heterocycles. The van der Waals surface area contributed by atoms with Gasteiger partial charge in [0.1, 0.15) is 16.9 Å². The number of hydrogen-bond donors (Lipinski definition) is 0. The van der Waals surface area contributed by atoms with Crippen molar-refractivity contribution >= 4 is 11.0 Å². The van der Waals surface area contributed by atoms with Crippen LogP contribution in [0.5, 0.6) is 11.5 Å². The molecule has 3 aromatic rings. The first-order valence-electron chi connectivity index (χ1n) is 7.97. The molecule has 0 bridgehead atoms. The van der Waals surface area contributed by atoms with E-state index in [0.717, 1.165) is 33.8 Å². The Labute approximate surface area is 158 Å². The summed E-state index contributed by atoms with van der Waals surface area (Å²) >= 11 is 0. The molecule has 1 heterocycles. The molecular weight excluding hydrogens is 376 g/mol. The van der Waals surface area contributed by atoms with E-state index in [-0.39, 0.29) is 0 Å². The Hall–Kier alpha value is -2.42. The Balaban J connectivity index is 0.000000465. The summed E-state index contributed by atoms with van der Waals surface area (Å²) < 4.78 is 51.0. The number of fused-ring (bicyclic) bond motifs is 1. The molecule has 0 radical (unpaired) electrons. The van der Waals surface area contributed by atoms with Crippen molar-refractivity contribution in [2.24, 2.45) is 0 Å². The van der Waals surface area contributed by atoms with Gasteiger partial charge in [0.2, 0.25) is 0 Å². The highest BCUT2D eigenvalue weighted by Gasteiger charge is 2.20. The van der Waals surface area contributed by atoms with E-state index < -0.39 is 10.2 Å². The van der Waals surface area contributed by atoms with Crippen LogP contribution in [0.4, 0.5) is 0 Å². The first kappa shape index (κ1) is 20.9.